The van der Waals surface area contributed by atoms with Crippen LogP contribution < -0.4 is 16.0 Å². The molecule has 0 radical (unpaired) electrons. The van der Waals surface area contributed by atoms with Crippen LogP contribution in [0.5, 0.6) is 0 Å². The van der Waals surface area contributed by atoms with E-state index in [0.717, 1.165) is 6.54 Å². The molecule has 1 aromatic rings. The molecule has 0 bridgehead atoms. The molecule has 35 heavy (non-hydrogen) atoms. The van der Waals surface area contributed by atoms with Gasteiger partial charge < -0.3 is 49.6 Å². The van der Waals surface area contributed by atoms with E-state index < -0.39 is 5.97 Å². The number of likely N-dealkylation sites (N-methyl/N-ethyl adjacent to an activating group) is 1. The minimum Gasteiger partial charge on any atom is -0.503 e. The van der Waals surface area contributed by atoms with Gasteiger partial charge in [-0.3, -0.25) is 9.59 Å². The number of rotatable bonds is 20. The fourth-order valence-corrected chi connectivity index (χ4v) is 2.05. The summed E-state index contributed by atoms with van der Waals surface area (Å²) in [5.74, 6) is -0.855. The molecule has 0 unspecified atom stereocenters. The molecular weight excluding hydrogens is 952 g/mol. The van der Waals surface area contributed by atoms with E-state index in [4.69, 9.17) is 24.1 Å². The van der Waals surface area contributed by atoms with Gasteiger partial charge in [0.05, 0.1) is 72.1 Å². The molecule has 0 aliphatic rings. The maximum atomic E-state index is 10.4. The summed E-state index contributed by atoms with van der Waals surface area (Å²) in [7, 11) is 1.88. The summed E-state index contributed by atoms with van der Waals surface area (Å²) in [6, 6.07) is 4.40. The van der Waals surface area contributed by atoms with Crippen molar-refractivity contribution in [3.63, 3.8) is 0 Å². The molecule has 2 amide bonds. The summed E-state index contributed by atoms with van der Waals surface area (Å²) in [4.78, 5) is 40.7. The first-order chi connectivity index (χ1) is 16.1. The number of anilines is 2. The van der Waals surface area contributed by atoms with Crippen molar-refractivity contribution in [3.8, 4) is 0 Å². The molecule has 0 saturated carbocycles. The summed E-state index contributed by atoms with van der Waals surface area (Å²) < 4.78 is 20.8. The third kappa shape index (κ3) is 20.7. The molecule has 0 fully saturated rings. The summed E-state index contributed by atoms with van der Waals surface area (Å²) in [5.41, 5.74) is 1.04. The zero-order valence-electron chi connectivity index (χ0n) is 19.2. The smallest absolute Gasteiger partial charge is 0.305 e. The number of hydrogen-bond acceptors (Lipinski definition) is 9. The number of nitrogens with one attached hydrogen (secondary N) is 3. The Balaban J connectivity index is -0.000000573. The third-order valence-corrected chi connectivity index (χ3v) is 3.62. The third-order valence-electron chi connectivity index (χ3n) is 3.62. The van der Waals surface area contributed by atoms with Crippen LogP contribution in [0.3, 0.4) is 0 Å². The topological polar surface area (TPSA) is 162 Å². The molecule has 0 aliphatic carbocycles. The van der Waals surface area contributed by atoms with E-state index in [1.807, 2.05) is 7.05 Å². The molecule has 4 N–H and O–H groups in total. The molecule has 1 rings (SSSR count). The Bertz CT molecular complexity index is 685. The van der Waals surface area contributed by atoms with Crippen LogP contribution in [0.15, 0.2) is 18.2 Å². The SMILES string of the molecule is CNCCOCCOCCOCCOCCC(=O)O.O=[C-]Nc1ccc(C=O)cc1N[C-]=O.[Fm].[Fm]. The Kier molecular flexibility index (Phi) is 25.1. The van der Waals surface area contributed by atoms with E-state index >= 15 is 0 Å². The summed E-state index contributed by atoms with van der Waals surface area (Å²) in [6.45, 7) is 4.75. The number of carboxylic acids is 1. The van der Waals surface area contributed by atoms with Crippen molar-refractivity contribution in [3.05, 3.63) is 23.8 Å². The van der Waals surface area contributed by atoms with E-state index in [2.05, 4.69) is 16.0 Å². The van der Waals surface area contributed by atoms with E-state index in [1.165, 1.54) is 31.0 Å². The molecule has 210 valence electrons. The van der Waals surface area contributed by atoms with Crippen LogP contribution in [0.1, 0.15) is 16.8 Å². The van der Waals surface area contributed by atoms with E-state index in [1.54, 1.807) is 0 Å². The first-order valence-electron chi connectivity index (χ1n) is 10.1. The van der Waals surface area contributed by atoms with E-state index in [-0.39, 0.29) is 13.0 Å². The van der Waals surface area contributed by atoms with Crippen LogP contribution >= 0.6 is 0 Å². The molecule has 0 aliphatic heterocycles. The van der Waals surface area contributed by atoms with Crippen molar-refractivity contribution in [1.29, 1.82) is 0 Å². The van der Waals surface area contributed by atoms with Gasteiger partial charge in [0.2, 0.25) is 0 Å². The molecule has 0 heterocycles. The maximum absolute atomic E-state index is 10.4. The van der Waals surface area contributed by atoms with Gasteiger partial charge in [0.1, 0.15) is 6.29 Å². The van der Waals surface area contributed by atoms with Gasteiger partial charge in [0, 0.05) is 6.54 Å². The van der Waals surface area contributed by atoms with Crippen LogP contribution in [0.4, 0.5) is 11.4 Å². The van der Waals surface area contributed by atoms with Gasteiger partial charge in [-0.05, 0) is 12.6 Å². The minimum atomic E-state index is -0.855. The minimum absolute atomic E-state index is 0. The maximum Gasteiger partial charge on any atom is 0.305 e. The second-order valence-electron chi connectivity index (χ2n) is 6.07. The molecule has 12 nitrogen and oxygen atoms in total. The number of carboxylic acid groups (broad SMARTS) is 1. The van der Waals surface area contributed by atoms with E-state index in [0.29, 0.717) is 69.5 Å². The number of amides is 2. The number of aliphatic carboxylic acids is 1. The van der Waals surface area contributed by atoms with Gasteiger partial charge in [0.25, 0.3) is 0 Å². The molecule has 0 atom stereocenters. The zero-order chi connectivity index (χ0) is 24.6. The number of aldehydes is 1. The second kappa shape index (κ2) is 25.4. The summed E-state index contributed by atoms with van der Waals surface area (Å²) >= 11 is 0. The monoisotopic (exact) mass is 983 g/mol. The van der Waals surface area contributed by atoms with Gasteiger partial charge in [-0.2, -0.15) is 11.4 Å². The van der Waals surface area contributed by atoms with Gasteiger partial charge >= 0.3 is 5.97 Å². The van der Waals surface area contributed by atoms with E-state index in [9.17, 15) is 19.2 Å². The van der Waals surface area contributed by atoms with Gasteiger partial charge in [-0.1, -0.05) is 6.07 Å². The molecule has 0 saturated heterocycles. The van der Waals surface area contributed by atoms with Gasteiger partial charge in [-0.25, -0.2) is 0 Å². The van der Waals surface area contributed by atoms with Crippen LogP contribution in [0.25, 0.3) is 0 Å². The zero-order valence-corrected chi connectivity index (χ0v) is 24.0. The Labute approximate surface area is 192 Å². The largest absolute Gasteiger partial charge is 0.503 e. The first-order valence-corrected chi connectivity index (χ1v) is 10.1. The first kappa shape index (κ1) is 34.7. The summed E-state index contributed by atoms with van der Waals surface area (Å²) in [5, 5.41) is 15.8. The average Bonchev–Trinajstić information content (AvgIpc) is 2.81. The predicted molar refractivity (Wildman–Crippen MR) is 120 cm³/mol. The average molecular weight is 983 g/mol. The quantitative estimate of drug-likeness (QED) is 0.0616. The molecule has 0 spiro atoms. The Morgan fingerprint density at radius 1 is 0.857 bits per heavy atom. The number of carbonyl (C=O) groups is 2. The molecule has 0 aromatic heterocycles. The van der Waals surface area contributed by atoms with Crippen molar-refractivity contribution in [2.24, 2.45) is 0 Å². The number of hydrogen-bond donors (Lipinski definition) is 4. The molecular formula is C21H31Fm2N3O9-2. The Morgan fingerprint density at radius 2 is 1.34 bits per heavy atom. The predicted octanol–water partition coefficient (Wildman–Crippen LogP) is 0.204. The second-order valence-corrected chi connectivity index (χ2v) is 6.07. The summed E-state index contributed by atoms with van der Waals surface area (Å²) in [6.07, 6.45) is 3.56. The number of benzene rings is 1. The van der Waals surface area contributed by atoms with Crippen molar-refractivity contribution in [2.45, 2.75) is 6.42 Å². The molecule has 14 heteroatoms. The Morgan fingerprint density at radius 3 is 1.80 bits per heavy atom. The standard InChI is InChI=1S/C12H25NO6.C9H6N2O3.2Fm/c1-13-3-5-17-7-9-19-11-10-18-8-6-16-4-2-12(14)15;12-4-7-1-2-8(10-5-13)9(3-7)11-6-14;;/h13H,2-11H2,1H3,(H,14,15);1-4H,(H,10,13)(H,11,14);;/q;-2;;. The number of carbonyl (C=O) groups excluding carboxylic acids is 3. The van der Waals surface area contributed by atoms with Crippen LogP contribution in [0.2, 0.25) is 0 Å². The van der Waals surface area contributed by atoms with Crippen molar-refractivity contribution in [1.82, 2.24) is 5.32 Å². The Hall–Kier alpha value is -4.90. The van der Waals surface area contributed by atoms with Crippen molar-refractivity contribution < 1.29 is 43.2 Å². The number of ether oxygens (including phenoxy) is 4. The normalized spacial score (nSPS) is 9.40. The molecule has 1 aromatic carbocycles. The fraction of sp³-hybridized carbons (Fsp3) is 0.524. The van der Waals surface area contributed by atoms with Crippen molar-refractivity contribution >= 4 is 36.5 Å². The van der Waals surface area contributed by atoms with Gasteiger partial charge in [0.15, 0.2) is 0 Å². The van der Waals surface area contributed by atoms with Crippen LogP contribution in [-0.2, 0) is 33.3 Å². The van der Waals surface area contributed by atoms with Crippen molar-refractivity contribution in [2.75, 3.05) is 77.1 Å². The van der Waals surface area contributed by atoms with Crippen LogP contribution in [0, 0.1) is 0 Å². The van der Waals surface area contributed by atoms with Crippen LogP contribution in [-0.4, -0.2) is 96.6 Å². The fourth-order valence-electron chi connectivity index (χ4n) is 2.05. The van der Waals surface area contributed by atoms with Gasteiger partial charge in [-0.15, -0.1) is 12.1 Å².